The summed E-state index contributed by atoms with van der Waals surface area (Å²) in [5.41, 5.74) is 5.08. The number of hydrogen-bond acceptors (Lipinski definition) is 4. The van der Waals surface area contributed by atoms with Crippen LogP contribution in [0.5, 0.6) is 0 Å². The highest BCUT2D eigenvalue weighted by Crippen LogP contribution is 2.22. The van der Waals surface area contributed by atoms with Crippen molar-refractivity contribution in [2.75, 3.05) is 5.32 Å². The number of carbonyl (C=O) groups excluding carboxylic acids is 1. The largest absolute Gasteiger partial charge is 0.321 e. The zero-order chi connectivity index (χ0) is 16.9. The normalized spacial score (nSPS) is 12.8. The third kappa shape index (κ3) is 2.39. The third-order valence-electron chi connectivity index (χ3n) is 4.24. The molecule has 0 aliphatic rings. The fourth-order valence-corrected chi connectivity index (χ4v) is 2.70. The van der Waals surface area contributed by atoms with Gasteiger partial charge in [0.25, 0.3) is 0 Å². The van der Waals surface area contributed by atoms with Gasteiger partial charge in [0, 0.05) is 14.1 Å². The molecular formula is C15H21N7O. The van der Waals surface area contributed by atoms with Gasteiger partial charge in [0.1, 0.15) is 17.1 Å². The van der Waals surface area contributed by atoms with Gasteiger partial charge in [0.2, 0.25) is 5.91 Å². The Morgan fingerprint density at radius 2 is 1.74 bits per heavy atom. The Morgan fingerprint density at radius 3 is 2.30 bits per heavy atom. The van der Waals surface area contributed by atoms with Crippen LogP contribution in [0.1, 0.15) is 30.0 Å². The molecule has 8 nitrogen and oxygen atoms in total. The molecule has 3 heterocycles. The van der Waals surface area contributed by atoms with Crippen LogP contribution in [0.4, 0.5) is 5.69 Å². The highest BCUT2D eigenvalue weighted by molar-refractivity contribution is 5.94. The summed E-state index contributed by atoms with van der Waals surface area (Å²) in [7, 11) is 3.73. The lowest BCUT2D eigenvalue weighted by Crippen LogP contribution is -2.24. The number of nitrogens with zero attached hydrogens (tertiary/aromatic N) is 6. The smallest absolute Gasteiger partial charge is 0.249 e. The maximum atomic E-state index is 12.6. The second-order valence-corrected chi connectivity index (χ2v) is 5.89. The number of hydrogen-bond donors (Lipinski definition) is 1. The Balaban J connectivity index is 1.87. The molecule has 0 bridgehead atoms. The average Bonchev–Trinajstić information content (AvgIpc) is 3.11. The monoisotopic (exact) mass is 315 g/mol. The number of anilines is 1. The maximum Gasteiger partial charge on any atom is 0.249 e. The number of nitrogens with one attached hydrogen (secondary N) is 1. The number of carbonyl (C=O) groups is 1. The fourth-order valence-electron chi connectivity index (χ4n) is 2.70. The Bertz CT molecular complexity index is 864. The van der Waals surface area contributed by atoms with Gasteiger partial charge in [0.05, 0.1) is 29.0 Å². The molecule has 1 atom stereocenters. The summed E-state index contributed by atoms with van der Waals surface area (Å²) in [4.78, 5) is 12.6. The highest BCUT2D eigenvalue weighted by Gasteiger charge is 2.21. The van der Waals surface area contributed by atoms with E-state index in [1.54, 1.807) is 14.0 Å². The number of aryl methyl sites for hydroxylation is 4. The van der Waals surface area contributed by atoms with Gasteiger partial charge in [-0.3, -0.25) is 18.8 Å². The molecule has 3 rings (SSSR count). The van der Waals surface area contributed by atoms with Gasteiger partial charge < -0.3 is 5.32 Å². The predicted octanol–water partition coefficient (Wildman–Crippen LogP) is 1.63. The maximum absolute atomic E-state index is 12.6. The van der Waals surface area contributed by atoms with Crippen LogP contribution in [0.2, 0.25) is 0 Å². The average molecular weight is 315 g/mol. The highest BCUT2D eigenvalue weighted by atomic mass is 16.2. The van der Waals surface area contributed by atoms with Crippen molar-refractivity contribution in [2.45, 2.75) is 33.7 Å². The lowest BCUT2D eigenvalue weighted by Gasteiger charge is -2.13. The zero-order valence-corrected chi connectivity index (χ0v) is 14.2. The zero-order valence-electron chi connectivity index (χ0n) is 14.2. The van der Waals surface area contributed by atoms with Crippen molar-refractivity contribution in [1.29, 1.82) is 0 Å². The van der Waals surface area contributed by atoms with Crippen molar-refractivity contribution in [1.82, 2.24) is 29.3 Å². The van der Waals surface area contributed by atoms with Crippen LogP contribution in [0, 0.1) is 20.8 Å². The summed E-state index contributed by atoms with van der Waals surface area (Å²) in [6, 6.07) is -0.430. The Labute approximate surface area is 134 Å². The predicted molar refractivity (Wildman–Crippen MR) is 87.3 cm³/mol. The molecule has 0 aromatic carbocycles. The molecule has 1 N–H and O–H groups in total. The fraction of sp³-hybridized carbons (Fsp3) is 0.467. The summed E-state index contributed by atoms with van der Waals surface area (Å²) >= 11 is 0. The molecule has 23 heavy (non-hydrogen) atoms. The SMILES string of the molecule is Cc1nn(C)c(C)c1NC(=O)[C@@H](C)n1cc2c(n1)c(C)nn2C. The summed E-state index contributed by atoms with van der Waals surface area (Å²) in [6.07, 6.45) is 1.85. The van der Waals surface area contributed by atoms with Crippen LogP contribution in [0.3, 0.4) is 0 Å². The minimum absolute atomic E-state index is 0.123. The lowest BCUT2D eigenvalue weighted by molar-refractivity contribution is -0.119. The minimum Gasteiger partial charge on any atom is -0.321 e. The van der Waals surface area contributed by atoms with E-state index in [2.05, 4.69) is 20.6 Å². The third-order valence-corrected chi connectivity index (χ3v) is 4.24. The summed E-state index contributed by atoms with van der Waals surface area (Å²) in [5.74, 6) is -0.123. The molecule has 3 aromatic rings. The molecule has 0 aliphatic heterocycles. The van der Waals surface area contributed by atoms with E-state index in [0.717, 1.165) is 33.8 Å². The van der Waals surface area contributed by atoms with E-state index < -0.39 is 6.04 Å². The molecule has 0 aliphatic carbocycles. The van der Waals surface area contributed by atoms with Gasteiger partial charge >= 0.3 is 0 Å². The summed E-state index contributed by atoms with van der Waals surface area (Å²) < 4.78 is 5.21. The van der Waals surface area contributed by atoms with E-state index in [9.17, 15) is 4.79 Å². The van der Waals surface area contributed by atoms with Gasteiger partial charge in [-0.05, 0) is 27.7 Å². The van der Waals surface area contributed by atoms with E-state index in [1.165, 1.54) is 0 Å². The van der Waals surface area contributed by atoms with E-state index in [4.69, 9.17) is 0 Å². The van der Waals surface area contributed by atoms with Crippen LogP contribution in [0.25, 0.3) is 11.0 Å². The van der Waals surface area contributed by atoms with Gasteiger partial charge in [-0.2, -0.15) is 15.3 Å². The van der Waals surface area contributed by atoms with E-state index in [1.807, 2.05) is 48.0 Å². The number of fused-ring (bicyclic) bond motifs is 1. The summed E-state index contributed by atoms with van der Waals surface area (Å²) in [6.45, 7) is 7.54. The Kier molecular flexibility index (Phi) is 3.46. The molecule has 122 valence electrons. The van der Waals surface area contributed by atoms with Crippen LogP contribution >= 0.6 is 0 Å². The van der Waals surface area contributed by atoms with Crippen molar-refractivity contribution in [2.24, 2.45) is 14.1 Å². The number of rotatable bonds is 3. The molecule has 0 saturated heterocycles. The molecule has 1 amide bonds. The topological polar surface area (TPSA) is 82.6 Å². The first-order valence-corrected chi connectivity index (χ1v) is 7.49. The van der Waals surface area contributed by atoms with E-state index in [-0.39, 0.29) is 5.91 Å². The van der Waals surface area contributed by atoms with Gasteiger partial charge in [-0.15, -0.1) is 0 Å². The van der Waals surface area contributed by atoms with Crippen molar-refractivity contribution < 1.29 is 4.79 Å². The molecule has 0 unspecified atom stereocenters. The first-order chi connectivity index (χ1) is 10.8. The van der Waals surface area contributed by atoms with Crippen molar-refractivity contribution in [3.05, 3.63) is 23.3 Å². The van der Waals surface area contributed by atoms with Gasteiger partial charge in [-0.1, -0.05) is 0 Å². The second kappa shape index (κ2) is 5.22. The second-order valence-electron chi connectivity index (χ2n) is 5.89. The molecule has 0 saturated carbocycles. The molecule has 0 fully saturated rings. The molecular weight excluding hydrogens is 294 g/mol. The molecule has 0 spiro atoms. The lowest BCUT2D eigenvalue weighted by atomic mass is 10.2. The van der Waals surface area contributed by atoms with Crippen LogP contribution in [-0.2, 0) is 18.9 Å². The van der Waals surface area contributed by atoms with Crippen LogP contribution in [0.15, 0.2) is 6.20 Å². The Morgan fingerprint density at radius 1 is 1.09 bits per heavy atom. The van der Waals surface area contributed by atoms with E-state index in [0.29, 0.717) is 0 Å². The molecule has 8 heteroatoms. The van der Waals surface area contributed by atoms with Crippen molar-refractivity contribution in [3.8, 4) is 0 Å². The van der Waals surface area contributed by atoms with Crippen molar-refractivity contribution >= 4 is 22.6 Å². The first-order valence-electron chi connectivity index (χ1n) is 7.49. The minimum atomic E-state index is -0.430. The van der Waals surface area contributed by atoms with Crippen molar-refractivity contribution in [3.63, 3.8) is 0 Å². The van der Waals surface area contributed by atoms with Crippen LogP contribution in [-0.4, -0.2) is 35.2 Å². The first kappa shape index (κ1) is 15.3. The Hall–Kier alpha value is -2.64. The number of amides is 1. The standard InChI is InChI=1S/C15H21N7O/c1-8-13(10(3)20(5)17-8)16-15(23)11(4)22-7-12-14(19-22)9(2)18-21(12)6/h7,11H,1-6H3,(H,16,23)/t11-/m1/s1. The number of aromatic nitrogens is 6. The van der Waals surface area contributed by atoms with Gasteiger partial charge in [-0.25, -0.2) is 0 Å². The molecule has 3 aromatic heterocycles. The van der Waals surface area contributed by atoms with Gasteiger partial charge in [0.15, 0.2) is 0 Å². The quantitative estimate of drug-likeness (QED) is 0.796. The van der Waals surface area contributed by atoms with E-state index >= 15 is 0 Å². The summed E-state index contributed by atoms with van der Waals surface area (Å²) in [5, 5.41) is 16.1. The molecule has 0 radical (unpaired) electrons. The van der Waals surface area contributed by atoms with Crippen LogP contribution < -0.4 is 5.32 Å².